The van der Waals surface area contributed by atoms with E-state index in [4.69, 9.17) is 15.2 Å². The molecule has 3 aromatic rings. The monoisotopic (exact) mass is 436 g/mol. The Labute approximate surface area is 185 Å². The van der Waals surface area contributed by atoms with Crippen LogP contribution in [0.1, 0.15) is 11.1 Å². The summed E-state index contributed by atoms with van der Waals surface area (Å²) in [5.41, 5.74) is 7.63. The summed E-state index contributed by atoms with van der Waals surface area (Å²) >= 11 is 0. The van der Waals surface area contributed by atoms with Gasteiger partial charge in [-0.05, 0) is 18.6 Å². The molecule has 0 spiro atoms. The van der Waals surface area contributed by atoms with E-state index in [1.54, 1.807) is 26.5 Å². The van der Waals surface area contributed by atoms with Crippen LogP contribution in [0.25, 0.3) is 5.82 Å². The molecule has 3 aromatic heterocycles. The molecule has 3 rings (SSSR count). The molecular weight excluding hydrogens is 412 g/mol. The number of rotatable bonds is 10. The number of methoxy groups -OCH3 is 2. The van der Waals surface area contributed by atoms with Crippen molar-refractivity contribution < 1.29 is 9.47 Å². The van der Waals surface area contributed by atoms with Crippen LogP contribution in [0.2, 0.25) is 0 Å². The standard InChI is InChI=1S/C20H24N10O2/c1-14-10-17(29(6-8-31-2)7-9-32-3)25-19(22)18(14)26-27-20-15(11-21)12-30(28-20)16-4-5-23-13-24-16/h4-5,10,12-13H,6-9H2,1-3H3,(H2,22,25)/b27-26-. The molecule has 12 heteroatoms. The van der Waals surface area contributed by atoms with Crippen LogP contribution in [0, 0.1) is 18.3 Å². The van der Waals surface area contributed by atoms with Crippen LogP contribution in [-0.4, -0.2) is 65.3 Å². The first-order valence-electron chi connectivity index (χ1n) is 9.75. The number of nitrogen functional groups attached to an aromatic ring is 1. The van der Waals surface area contributed by atoms with Gasteiger partial charge in [-0.3, -0.25) is 0 Å². The zero-order valence-electron chi connectivity index (χ0n) is 18.1. The Kier molecular flexibility index (Phi) is 7.74. The normalized spacial score (nSPS) is 11.1. The lowest BCUT2D eigenvalue weighted by molar-refractivity contribution is 0.190. The summed E-state index contributed by atoms with van der Waals surface area (Å²) in [6.45, 7) is 4.22. The molecule has 3 heterocycles. The topological polar surface area (TPSA) is 153 Å². The summed E-state index contributed by atoms with van der Waals surface area (Å²) in [5, 5.41) is 22.1. The molecule has 0 aliphatic heterocycles. The van der Waals surface area contributed by atoms with E-state index in [1.807, 2.05) is 17.9 Å². The third-order valence-electron chi connectivity index (χ3n) is 4.51. The highest BCUT2D eigenvalue weighted by molar-refractivity contribution is 5.66. The lowest BCUT2D eigenvalue weighted by Gasteiger charge is -2.24. The number of hydrogen-bond acceptors (Lipinski definition) is 11. The summed E-state index contributed by atoms with van der Waals surface area (Å²) in [7, 11) is 3.29. The molecule has 0 fully saturated rings. The van der Waals surface area contributed by atoms with Crippen molar-refractivity contribution in [2.45, 2.75) is 6.92 Å². The van der Waals surface area contributed by atoms with Crippen LogP contribution in [0.5, 0.6) is 0 Å². The predicted molar refractivity (Wildman–Crippen MR) is 117 cm³/mol. The number of hydrogen-bond donors (Lipinski definition) is 1. The highest BCUT2D eigenvalue weighted by Crippen LogP contribution is 2.31. The third-order valence-corrected chi connectivity index (χ3v) is 4.51. The number of anilines is 2. The van der Waals surface area contributed by atoms with Crippen LogP contribution in [0.4, 0.5) is 23.1 Å². The lowest BCUT2D eigenvalue weighted by atomic mass is 10.2. The number of ether oxygens (including phenoxy) is 2. The van der Waals surface area contributed by atoms with Gasteiger partial charge in [-0.1, -0.05) is 0 Å². The minimum Gasteiger partial charge on any atom is -0.383 e. The van der Waals surface area contributed by atoms with Crippen molar-refractivity contribution in [1.29, 1.82) is 5.26 Å². The van der Waals surface area contributed by atoms with Gasteiger partial charge in [-0.25, -0.2) is 19.6 Å². The quantitative estimate of drug-likeness (QED) is 0.472. The molecule has 0 aromatic carbocycles. The molecule has 0 aliphatic rings. The molecule has 0 saturated heterocycles. The zero-order valence-corrected chi connectivity index (χ0v) is 18.1. The third kappa shape index (κ3) is 5.39. The zero-order chi connectivity index (χ0) is 22.9. The van der Waals surface area contributed by atoms with Crippen molar-refractivity contribution >= 4 is 23.1 Å². The number of pyridine rings is 1. The molecule has 0 unspecified atom stereocenters. The molecule has 0 radical (unpaired) electrons. The second-order valence-corrected chi connectivity index (χ2v) is 6.69. The maximum atomic E-state index is 9.42. The van der Waals surface area contributed by atoms with Gasteiger partial charge in [0.05, 0.1) is 19.4 Å². The second kappa shape index (κ2) is 10.9. The molecule has 0 bridgehead atoms. The summed E-state index contributed by atoms with van der Waals surface area (Å²) < 4.78 is 11.8. The van der Waals surface area contributed by atoms with Gasteiger partial charge in [-0.2, -0.15) is 5.26 Å². The van der Waals surface area contributed by atoms with Crippen molar-refractivity contribution in [3.63, 3.8) is 0 Å². The van der Waals surface area contributed by atoms with Crippen molar-refractivity contribution in [2.24, 2.45) is 10.2 Å². The number of nitrogens with zero attached hydrogens (tertiary/aromatic N) is 9. The second-order valence-electron chi connectivity index (χ2n) is 6.69. The lowest BCUT2D eigenvalue weighted by Crippen LogP contribution is -2.31. The average molecular weight is 436 g/mol. The Morgan fingerprint density at radius 2 is 1.97 bits per heavy atom. The van der Waals surface area contributed by atoms with Crippen LogP contribution in [0.15, 0.2) is 41.1 Å². The van der Waals surface area contributed by atoms with E-state index in [0.717, 1.165) is 5.56 Å². The van der Waals surface area contributed by atoms with Crippen LogP contribution < -0.4 is 10.6 Å². The van der Waals surface area contributed by atoms with Crippen molar-refractivity contribution in [3.05, 3.63) is 42.0 Å². The molecule has 12 nitrogen and oxygen atoms in total. The minimum atomic E-state index is 0.149. The first kappa shape index (κ1) is 22.7. The van der Waals surface area contributed by atoms with Crippen LogP contribution in [0.3, 0.4) is 0 Å². The Balaban J connectivity index is 1.88. The summed E-state index contributed by atoms with van der Waals surface area (Å²) in [5.74, 6) is 1.57. The van der Waals surface area contributed by atoms with Gasteiger partial charge in [0.1, 0.15) is 29.5 Å². The van der Waals surface area contributed by atoms with E-state index in [0.29, 0.717) is 43.6 Å². The summed E-state index contributed by atoms with van der Waals surface area (Å²) in [6.07, 6.45) is 4.50. The van der Waals surface area contributed by atoms with E-state index < -0.39 is 0 Å². The van der Waals surface area contributed by atoms with Crippen molar-refractivity contribution in [1.82, 2.24) is 24.7 Å². The van der Waals surface area contributed by atoms with E-state index in [9.17, 15) is 5.26 Å². The Hall–Kier alpha value is -3.95. The molecular formula is C20H24N10O2. The maximum Gasteiger partial charge on any atom is 0.213 e. The number of azo groups is 1. The van der Waals surface area contributed by atoms with Gasteiger partial charge in [0.2, 0.25) is 5.82 Å². The average Bonchev–Trinajstić information content (AvgIpc) is 3.22. The van der Waals surface area contributed by atoms with Gasteiger partial charge in [0.15, 0.2) is 11.6 Å². The van der Waals surface area contributed by atoms with E-state index in [1.165, 1.54) is 17.2 Å². The SMILES string of the molecule is COCCN(CCOC)c1cc(C)c(/N=N\c2nn(-c3ccncn3)cc2C#N)c(N)n1. The first-order valence-corrected chi connectivity index (χ1v) is 9.75. The fourth-order valence-corrected chi connectivity index (χ4v) is 2.86. The van der Waals surface area contributed by atoms with Crippen molar-refractivity contribution in [2.75, 3.05) is 51.2 Å². The molecule has 0 aliphatic carbocycles. The van der Waals surface area contributed by atoms with E-state index in [2.05, 4.69) is 36.3 Å². The van der Waals surface area contributed by atoms with Gasteiger partial charge in [-0.15, -0.1) is 15.3 Å². The molecule has 0 amide bonds. The molecule has 2 N–H and O–H groups in total. The summed E-state index contributed by atoms with van der Waals surface area (Å²) in [6, 6.07) is 5.60. The van der Waals surface area contributed by atoms with Gasteiger partial charge in [0.25, 0.3) is 0 Å². The smallest absolute Gasteiger partial charge is 0.213 e. The van der Waals surface area contributed by atoms with E-state index in [-0.39, 0.29) is 17.2 Å². The minimum absolute atomic E-state index is 0.149. The van der Waals surface area contributed by atoms with Gasteiger partial charge >= 0.3 is 0 Å². The Morgan fingerprint density at radius 3 is 2.56 bits per heavy atom. The molecule has 0 saturated carbocycles. The van der Waals surface area contributed by atoms with E-state index >= 15 is 0 Å². The van der Waals surface area contributed by atoms with Crippen molar-refractivity contribution in [3.8, 4) is 11.9 Å². The number of aromatic nitrogens is 5. The first-order chi connectivity index (χ1) is 15.6. The Morgan fingerprint density at radius 1 is 1.22 bits per heavy atom. The highest BCUT2D eigenvalue weighted by atomic mass is 16.5. The molecule has 0 atom stereocenters. The number of nitriles is 1. The van der Waals surface area contributed by atoms with Crippen LogP contribution in [-0.2, 0) is 9.47 Å². The molecule has 166 valence electrons. The van der Waals surface area contributed by atoms with Crippen LogP contribution >= 0.6 is 0 Å². The van der Waals surface area contributed by atoms with Gasteiger partial charge < -0.3 is 20.1 Å². The molecule has 32 heavy (non-hydrogen) atoms. The largest absolute Gasteiger partial charge is 0.383 e. The highest BCUT2D eigenvalue weighted by Gasteiger charge is 2.15. The maximum absolute atomic E-state index is 9.42. The number of nitrogens with two attached hydrogens (primary N) is 1. The fourth-order valence-electron chi connectivity index (χ4n) is 2.86. The predicted octanol–water partition coefficient (Wildman–Crippen LogP) is 2.33. The summed E-state index contributed by atoms with van der Waals surface area (Å²) in [4.78, 5) is 14.5. The number of aryl methyl sites for hydroxylation is 1. The fraction of sp³-hybridized carbons (Fsp3) is 0.350. The van der Waals surface area contributed by atoms with Gasteiger partial charge in [0, 0.05) is 39.6 Å². The Bertz CT molecular complexity index is 1080.